The Morgan fingerprint density at radius 1 is 1.09 bits per heavy atom. The molecule has 4 rings (SSSR count). The number of ether oxygens (including phenoxy) is 2. The van der Waals surface area contributed by atoms with E-state index >= 15 is 0 Å². The second-order valence-corrected chi connectivity index (χ2v) is 7.74. The van der Waals surface area contributed by atoms with Crippen LogP contribution < -0.4 is 10.1 Å². The Bertz CT molecular complexity index is 1300. The number of aromatic nitrogens is 2. The molecule has 0 saturated heterocycles. The highest BCUT2D eigenvalue weighted by molar-refractivity contribution is 6.04. The van der Waals surface area contributed by atoms with Crippen molar-refractivity contribution in [2.24, 2.45) is 0 Å². The standard InChI is InChI=1S/C26H24FN3O3/c1-17-7-8-20(11-25(17)33-24-6-4-5-21(27)12-24)26(31)29-22-9-19(15-32-3)10-23(13-22)30-14-18(2)28-16-30/h4-14,16H,15H2,1-3H3,(H,29,31). The van der Waals surface area contributed by atoms with Crippen LogP contribution in [0.5, 0.6) is 11.5 Å². The summed E-state index contributed by atoms with van der Waals surface area (Å²) in [5, 5.41) is 2.95. The largest absolute Gasteiger partial charge is 0.457 e. The lowest BCUT2D eigenvalue weighted by Crippen LogP contribution is -2.13. The molecule has 1 amide bonds. The molecule has 0 bridgehead atoms. The van der Waals surface area contributed by atoms with Crippen LogP contribution in [0.15, 0.2) is 73.2 Å². The predicted molar refractivity (Wildman–Crippen MR) is 125 cm³/mol. The van der Waals surface area contributed by atoms with E-state index < -0.39 is 0 Å². The van der Waals surface area contributed by atoms with Gasteiger partial charge >= 0.3 is 0 Å². The Morgan fingerprint density at radius 3 is 2.67 bits per heavy atom. The Morgan fingerprint density at radius 2 is 1.94 bits per heavy atom. The second kappa shape index (κ2) is 9.67. The zero-order valence-corrected chi connectivity index (χ0v) is 18.6. The molecule has 1 heterocycles. The number of benzene rings is 3. The van der Waals surface area contributed by atoms with Crippen LogP contribution in [0.4, 0.5) is 10.1 Å². The Hall–Kier alpha value is -3.97. The molecule has 33 heavy (non-hydrogen) atoms. The number of hydrogen-bond acceptors (Lipinski definition) is 4. The third-order valence-electron chi connectivity index (χ3n) is 5.03. The molecule has 168 valence electrons. The first-order valence-corrected chi connectivity index (χ1v) is 10.4. The van der Waals surface area contributed by atoms with E-state index in [4.69, 9.17) is 9.47 Å². The zero-order valence-electron chi connectivity index (χ0n) is 18.6. The quantitative estimate of drug-likeness (QED) is 0.389. The van der Waals surface area contributed by atoms with E-state index in [-0.39, 0.29) is 11.7 Å². The van der Waals surface area contributed by atoms with Gasteiger partial charge in [0.25, 0.3) is 5.91 Å². The predicted octanol–water partition coefficient (Wildman–Crippen LogP) is 5.82. The van der Waals surface area contributed by atoms with E-state index in [0.717, 1.165) is 22.5 Å². The number of hydrogen-bond donors (Lipinski definition) is 1. The molecule has 0 saturated carbocycles. The maximum Gasteiger partial charge on any atom is 0.255 e. The van der Waals surface area contributed by atoms with Crippen LogP contribution in [0.1, 0.15) is 27.2 Å². The molecule has 0 radical (unpaired) electrons. The first-order chi connectivity index (χ1) is 15.9. The maximum atomic E-state index is 13.5. The van der Waals surface area contributed by atoms with Crippen LogP contribution in [0.25, 0.3) is 5.69 Å². The topological polar surface area (TPSA) is 65.4 Å². The molecule has 0 spiro atoms. The Labute approximate surface area is 191 Å². The van der Waals surface area contributed by atoms with Crippen molar-refractivity contribution in [2.45, 2.75) is 20.5 Å². The molecule has 3 aromatic carbocycles. The van der Waals surface area contributed by atoms with Gasteiger partial charge in [0.05, 0.1) is 18.6 Å². The molecule has 0 aliphatic rings. The summed E-state index contributed by atoms with van der Waals surface area (Å²) < 4.78 is 26.5. The second-order valence-electron chi connectivity index (χ2n) is 7.74. The average Bonchev–Trinajstić information content (AvgIpc) is 3.22. The van der Waals surface area contributed by atoms with Crippen molar-refractivity contribution in [3.63, 3.8) is 0 Å². The van der Waals surface area contributed by atoms with Gasteiger partial charge in [-0.05, 0) is 67.4 Å². The number of nitrogens with one attached hydrogen (secondary N) is 1. The van der Waals surface area contributed by atoms with Gasteiger partial charge in [0, 0.05) is 36.3 Å². The molecule has 0 atom stereocenters. The van der Waals surface area contributed by atoms with Crippen molar-refractivity contribution in [3.05, 3.63) is 101 Å². The first kappa shape index (κ1) is 22.2. The number of carbonyl (C=O) groups is 1. The number of rotatable bonds is 7. The molecule has 1 N–H and O–H groups in total. The number of aryl methyl sites for hydroxylation is 2. The molecular formula is C26H24FN3O3. The molecule has 6 nitrogen and oxygen atoms in total. The summed E-state index contributed by atoms with van der Waals surface area (Å²) in [7, 11) is 1.62. The highest BCUT2D eigenvalue weighted by Gasteiger charge is 2.12. The fourth-order valence-corrected chi connectivity index (χ4v) is 3.42. The van der Waals surface area contributed by atoms with E-state index in [9.17, 15) is 9.18 Å². The number of carbonyl (C=O) groups excluding carboxylic acids is 1. The lowest BCUT2D eigenvalue weighted by Gasteiger charge is -2.13. The minimum absolute atomic E-state index is 0.290. The van der Waals surface area contributed by atoms with Crippen molar-refractivity contribution in [2.75, 3.05) is 12.4 Å². The van der Waals surface area contributed by atoms with Gasteiger partial charge in [0.15, 0.2) is 0 Å². The van der Waals surface area contributed by atoms with Crippen molar-refractivity contribution in [3.8, 4) is 17.2 Å². The molecule has 0 unspecified atom stereocenters. The number of amides is 1. The molecule has 7 heteroatoms. The monoisotopic (exact) mass is 445 g/mol. The molecule has 4 aromatic rings. The highest BCUT2D eigenvalue weighted by atomic mass is 19.1. The fraction of sp³-hybridized carbons (Fsp3) is 0.154. The van der Waals surface area contributed by atoms with Gasteiger partial charge in [0.1, 0.15) is 17.3 Å². The summed E-state index contributed by atoms with van der Waals surface area (Å²) in [4.78, 5) is 17.3. The van der Waals surface area contributed by atoms with Crippen LogP contribution in [-0.2, 0) is 11.3 Å². The number of halogens is 1. The van der Waals surface area contributed by atoms with E-state index in [1.807, 2.05) is 42.8 Å². The summed E-state index contributed by atoms with van der Waals surface area (Å²) in [6.45, 7) is 4.18. The Balaban J connectivity index is 1.59. The van der Waals surface area contributed by atoms with Crippen LogP contribution >= 0.6 is 0 Å². The third-order valence-corrected chi connectivity index (χ3v) is 5.03. The average molecular weight is 445 g/mol. The minimum atomic E-state index is -0.390. The lowest BCUT2D eigenvalue weighted by atomic mass is 10.1. The van der Waals surface area contributed by atoms with Gasteiger partial charge < -0.3 is 19.4 Å². The number of nitrogens with zero attached hydrogens (tertiary/aromatic N) is 2. The van der Waals surface area contributed by atoms with Crippen LogP contribution in [0.2, 0.25) is 0 Å². The molecule has 0 aliphatic heterocycles. The van der Waals surface area contributed by atoms with Gasteiger partial charge in [-0.3, -0.25) is 4.79 Å². The minimum Gasteiger partial charge on any atom is -0.457 e. The van der Waals surface area contributed by atoms with Gasteiger partial charge in [-0.1, -0.05) is 12.1 Å². The summed E-state index contributed by atoms with van der Waals surface area (Å²) in [5.41, 5.74) is 4.54. The van der Waals surface area contributed by atoms with Gasteiger partial charge in [-0.25, -0.2) is 9.37 Å². The maximum absolute atomic E-state index is 13.5. The molecule has 0 fully saturated rings. The van der Waals surface area contributed by atoms with E-state index in [1.165, 1.54) is 12.1 Å². The summed E-state index contributed by atoms with van der Waals surface area (Å²) in [6, 6.07) is 16.8. The zero-order chi connectivity index (χ0) is 23.4. The van der Waals surface area contributed by atoms with Crippen LogP contribution in [0, 0.1) is 19.7 Å². The van der Waals surface area contributed by atoms with Gasteiger partial charge in [-0.2, -0.15) is 0 Å². The smallest absolute Gasteiger partial charge is 0.255 e. The van der Waals surface area contributed by atoms with Crippen molar-refractivity contribution in [1.29, 1.82) is 0 Å². The van der Waals surface area contributed by atoms with Gasteiger partial charge in [0.2, 0.25) is 0 Å². The van der Waals surface area contributed by atoms with Gasteiger partial charge in [-0.15, -0.1) is 0 Å². The van der Waals surface area contributed by atoms with Crippen LogP contribution in [0.3, 0.4) is 0 Å². The van der Waals surface area contributed by atoms with Crippen molar-refractivity contribution >= 4 is 11.6 Å². The molecule has 0 aliphatic carbocycles. The summed E-state index contributed by atoms with van der Waals surface area (Å²) >= 11 is 0. The third kappa shape index (κ3) is 5.45. The number of methoxy groups -OCH3 is 1. The summed E-state index contributed by atoms with van der Waals surface area (Å²) in [5.74, 6) is 0.166. The van der Waals surface area contributed by atoms with Crippen LogP contribution in [-0.4, -0.2) is 22.6 Å². The highest BCUT2D eigenvalue weighted by Crippen LogP contribution is 2.27. The fourth-order valence-electron chi connectivity index (χ4n) is 3.42. The van der Waals surface area contributed by atoms with Crippen molar-refractivity contribution in [1.82, 2.24) is 9.55 Å². The van der Waals surface area contributed by atoms with Crippen molar-refractivity contribution < 1.29 is 18.7 Å². The SMILES string of the molecule is COCc1cc(NC(=O)c2ccc(C)c(Oc3cccc(F)c3)c2)cc(-n2cnc(C)c2)c1. The Kier molecular flexibility index (Phi) is 6.51. The molecule has 1 aromatic heterocycles. The first-order valence-electron chi connectivity index (χ1n) is 10.4. The normalized spacial score (nSPS) is 10.8. The number of imidazole rings is 1. The van der Waals surface area contributed by atoms with E-state index in [0.29, 0.717) is 29.4 Å². The lowest BCUT2D eigenvalue weighted by molar-refractivity contribution is 0.102. The number of anilines is 1. The molecular weight excluding hydrogens is 421 g/mol. The van der Waals surface area contributed by atoms with E-state index in [1.54, 1.807) is 43.8 Å². The van der Waals surface area contributed by atoms with E-state index in [2.05, 4.69) is 10.3 Å². The summed E-state index contributed by atoms with van der Waals surface area (Å²) in [6.07, 6.45) is 3.64.